The number of piperidine rings is 1. The van der Waals surface area contributed by atoms with Crippen LogP contribution < -0.4 is 5.46 Å². The molecule has 3 nitrogen and oxygen atoms in total. The van der Waals surface area contributed by atoms with Crippen LogP contribution in [-0.2, 0) is 4.65 Å². The van der Waals surface area contributed by atoms with Gasteiger partial charge in [0.25, 0.3) is 11.8 Å². The van der Waals surface area contributed by atoms with E-state index in [0.717, 1.165) is 11.8 Å². The maximum absolute atomic E-state index is 13.2. The predicted molar refractivity (Wildman–Crippen MR) is 95.7 cm³/mol. The molecule has 1 aromatic carbocycles. The van der Waals surface area contributed by atoms with Crippen LogP contribution in [0.5, 0.6) is 0 Å². The quantitative estimate of drug-likeness (QED) is 0.764. The normalized spacial score (nSPS) is 24.4. The third-order valence-electron chi connectivity index (χ3n) is 6.07. The Bertz CT molecular complexity index is 632. The number of halogens is 2. The van der Waals surface area contributed by atoms with Crippen LogP contribution in [0.3, 0.4) is 0 Å². The van der Waals surface area contributed by atoms with Crippen LogP contribution >= 0.6 is 0 Å². The summed E-state index contributed by atoms with van der Waals surface area (Å²) in [6, 6.07) is 7.42. The molecule has 2 fully saturated rings. The van der Waals surface area contributed by atoms with Gasteiger partial charge in [-0.25, -0.2) is 8.78 Å². The zero-order chi connectivity index (χ0) is 18.5. The van der Waals surface area contributed by atoms with Gasteiger partial charge in [-0.2, -0.15) is 0 Å². The number of carbonyl (C=O) groups is 1. The van der Waals surface area contributed by atoms with Crippen molar-refractivity contribution < 1.29 is 18.2 Å². The standard InChI is InChI=1S/C19H26BF2NO2/c1-17(2)13-20(25-18(17,3)4)15-7-5-14(6-8-15)16(24)23-11-9-19(21,22)10-12-23/h5-8H,9-13H2,1-4H3. The number of hydrogen-bond donors (Lipinski definition) is 0. The monoisotopic (exact) mass is 349 g/mol. The zero-order valence-corrected chi connectivity index (χ0v) is 15.4. The Labute approximate surface area is 148 Å². The molecule has 2 aliphatic heterocycles. The fourth-order valence-electron chi connectivity index (χ4n) is 3.51. The first-order chi connectivity index (χ1) is 11.5. The highest BCUT2D eigenvalue weighted by Crippen LogP contribution is 2.45. The van der Waals surface area contributed by atoms with Crippen molar-refractivity contribution in [1.82, 2.24) is 4.90 Å². The van der Waals surface area contributed by atoms with Crippen LogP contribution in [-0.4, -0.2) is 42.3 Å². The second kappa shape index (κ2) is 6.08. The minimum atomic E-state index is -2.64. The number of amides is 1. The summed E-state index contributed by atoms with van der Waals surface area (Å²) in [7, 11) is 0. The lowest BCUT2D eigenvalue weighted by Crippen LogP contribution is -2.42. The summed E-state index contributed by atoms with van der Waals surface area (Å²) >= 11 is 0. The van der Waals surface area contributed by atoms with Gasteiger partial charge in [-0.1, -0.05) is 26.0 Å². The Morgan fingerprint density at radius 2 is 1.64 bits per heavy atom. The van der Waals surface area contributed by atoms with Crippen molar-refractivity contribution in [2.75, 3.05) is 13.1 Å². The van der Waals surface area contributed by atoms with E-state index in [4.69, 9.17) is 4.65 Å². The SMILES string of the molecule is CC1(C)CB(c2ccc(C(=O)N3CCC(F)(F)CC3)cc2)OC1(C)C. The van der Waals surface area contributed by atoms with Crippen LogP contribution in [0.2, 0.25) is 6.32 Å². The fourth-order valence-corrected chi connectivity index (χ4v) is 3.51. The van der Waals surface area contributed by atoms with Crippen molar-refractivity contribution in [3.05, 3.63) is 29.8 Å². The summed E-state index contributed by atoms with van der Waals surface area (Å²) in [5.74, 6) is -2.81. The Balaban J connectivity index is 1.68. The van der Waals surface area contributed by atoms with Crippen LogP contribution in [0.25, 0.3) is 0 Å². The molecule has 1 amide bonds. The molecule has 0 saturated carbocycles. The minimum Gasteiger partial charge on any atom is -0.426 e. The van der Waals surface area contributed by atoms with Crippen molar-refractivity contribution in [3.63, 3.8) is 0 Å². The second-order valence-electron chi connectivity index (χ2n) is 8.47. The van der Waals surface area contributed by atoms with Gasteiger partial charge >= 0.3 is 6.92 Å². The van der Waals surface area contributed by atoms with Gasteiger partial charge < -0.3 is 9.55 Å². The van der Waals surface area contributed by atoms with Gasteiger partial charge in [0.1, 0.15) is 0 Å². The molecule has 1 aromatic rings. The first-order valence-electron chi connectivity index (χ1n) is 8.96. The van der Waals surface area contributed by atoms with Crippen molar-refractivity contribution in [2.24, 2.45) is 5.41 Å². The van der Waals surface area contributed by atoms with Gasteiger partial charge in [0, 0.05) is 31.5 Å². The first-order valence-corrected chi connectivity index (χ1v) is 8.96. The lowest BCUT2D eigenvalue weighted by atomic mass is 9.54. The number of likely N-dealkylation sites (tertiary alicyclic amines) is 1. The molecule has 2 saturated heterocycles. The van der Waals surface area contributed by atoms with Crippen LogP contribution in [0.4, 0.5) is 8.78 Å². The molecule has 0 aliphatic carbocycles. The van der Waals surface area contributed by atoms with E-state index in [-0.39, 0.29) is 49.8 Å². The van der Waals surface area contributed by atoms with E-state index in [9.17, 15) is 13.6 Å². The van der Waals surface area contributed by atoms with Gasteiger partial charge in [-0.3, -0.25) is 4.79 Å². The molecule has 136 valence electrons. The molecule has 0 aromatic heterocycles. The Morgan fingerprint density at radius 3 is 2.12 bits per heavy atom. The molecule has 0 atom stereocenters. The Kier molecular flexibility index (Phi) is 4.47. The summed E-state index contributed by atoms with van der Waals surface area (Å²) < 4.78 is 32.7. The van der Waals surface area contributed by atoms with E-state index in [2.05, 4.69) is 27.7 Å². The number of rotatable bonds is 2. The number of alkyl halides is 2. The molecule has 0 unspecified atom stereocenters. The topological polar surface area (TPSA) is 29.5 Å². The molecule has 2 aliphatic rings. The van der Waals surface area contributed by atoms with Gasteiger partial charge in [0.15, 0.2) is 0 Å². The molecule has 25 heavy (non-hydrogen) atoms. The summed E-state index contributed by atoms with van der Waals surface area (Å²) in [5.41, 5.74) is 1.47. The Hall–Kier alpha value is -1.43. The van der Waals surface area contributed by atoms with Crippen molar-refractivity contribution in [2.45, 2.75) is 58.4 Å². The predicted octanol–water partition coefficient (Wildman–Crippen LogP) is 3.59. The number of carbonyl (C=O) groups excluding carboxylic acids is 1. The van der Waals surface area contributed by atoms with E-state index in [1.54, 1.807) is 12.1 Å². The lowest BCUT2D eigenvalue weighted by Gasteiger charge is -2.34. The van der Waals surface area contributed by atoms with Crippen molar-refractivity contribution in [3.8, 4) is 0 Å². The largest absolute Gasteiger partial charge is 0.426 e. The van der Waals surface area contributed by atoms with Crippen LogP contribution in [0.15, 0.2) is 24.3 Å². The molecule has 0 bridgehead atoms. The highest BCUT2D eigenvalue weighted by atomic mass is 19.3. The average Bonchev–Trinajstić information content (AvgIpc) is 2.75. The molecule has 6 heteroatoms. The van der Waals surface area contributed by atoms with Crippen LogP contribution in [0, 0.1) is 5.41 Å². The van der Waals surface area contributed by atoms with E-state index in [0.29, 0.717) is 5.56 Å². The molecule has 3 rings (SSSR count). The van der Waals surface area contributed by atoms with E-state index >= 15 is 0 Å². The maximum atomic E-state index is 13.2. The molecular weight excluding hydrogens is 323 g/mol. The molecule has 0 radical (unpaired) electrons. The van der Waals surface area contributed by atoms with Gasteiger partial charge in [0.2, 0.25) is 0 Å². The van der Waals surface area contributed by atoms with Gasteiger partial charge in [0.05, 0.1) is 5.60 Å². The number of nitrogens with zero attached hydrogens (tertiary/aromatic N) is 1. The molecule has 2 heterocycles. The molecular formula is C19H26BF2NO2. The third kappa shape index (κ3) is 3.59. The second-order valence-corrected chi connectivity index (χ2v) is 8.47. The van der Waals surface area contributed by atoms with Crippen molar-refractivity contribution in [1.29, 1.82) is 0 Å². The smallest absolute Gasteiger partial charge is 0.327 e. The highest BCUT2D eigenvalue weighted by Gasteiger charge is 2.49. The maximum Gasteiger partial charge on any atom is 0.327 e. The number of benzene rings is 1. The highest BCUT2D eigenvalue weighted by molar-refractivity contribution is 6.68. The average molecular weight is 349 g/mol. The molecule has 0 spiro atoms. The van der Waals surface area contributed by atoms with E-state index in [1.807, 2.05) is 12.1 Å². The summed E-state index contributed by atoms with van der Waals surface area (Å²) in [5, 5.41) is 0. The van der Waals surface area contributed by atoms with Gasteiger partial charge in [-0.05, 0) is 43.2 Å². The lowest BCUT2D eigenvalue weighted by molar-refractivity contribution is -0.0494. The zero-order valence-electron chi connectivity index (χ0n) is 15.4. The van der Waals surface area contributed by atoms with E-state index in [1.165, 1.54) is 4.90 Å². The summed E-state index contributed by atoms with van der Waals surface area (Å²) in [6.07, 6.45) is 0.419. The van der Waals surface area contributed by atoms with E-state index < -0.39 is 5.92 Å². The first kappa shape index (κ1) is 18.4. The summed E-state index contributed by atoms with van der Waals surface area (Å²) in [6.45, 7) is 8.87. The Morgan fingerprint density at radius 1 is 1.08 bits per heavy atom. The number of hydrogen-bond acceptors (Lipinski definition) is 2. The summed E-state index contributed by atoms with van der Waals surface area (Å²) in [4.78, 5) is 14.0. The minimum absolute atomic E-state index is 0.0165. The third-order valence-corrected chi connectivity index (χ3v) is 6.07. The van der Waals surface area contributed by atoms with Crippen molar-refractivity contribution >= 4 is 18.3 Å². The van der Waals surface area contributed by atoms with Gasteiger partial charge in [-0.15, -0.1) is 0 Å². The fraction of sp³-hybridized carbons (Fsp3) is 0.632. The molecule has 0 N–H and O–H groups in total. The van der Waals surface area contributed by atoms with Crippen LogP contribution in [0.1, 0.15) is 50.9 Å².